The van der Waals surface area contributed by atoms with Crippen LogP contribution in [-0.2, 0) is 5.75 Å². The lowest BCUT2D eigenvalue weighted by atomic mass is 10.4. The third-order valence-corrected chi connectivity index (χ3v) is 3.78. The summed E-state index contributed by atoms with van der Waals surface area (Å²) in [5, 5.41) is 0. The molecule has 20 heavy (non-hydrogen) atoms. The number of pyridine rings is 2. The van der Waals surface area contributed by atoms with E-state index in [0.29, 0.717) is 17.2 Å². The minimum Gasteiger partial charge on any atom is -0.384 e. The maximum atomic E-state index is 11.9. The zero-order valence-corrected chi connectivity index (χ0v) is 11.4. The van der Waals surface area contributed by atoms with E-state index >= 15 is 0 Å². The third-order valence-electron chi connectivity index (χ3n) is 2.77. The molecule has 0 aliphatic rings. The van der Waals surface area contributed by atoms with Crippen LogP contribution in [0.4, 0.5) is 5.82 Å². The smallest absolute Gasteiger partial charge is 0.258 e. The van der Waals surface area contributed by atoms with E-state index in [1.807, 2.05) is 24.3 Å². The standard InChI is InChI=1S/C14H12N4OS/c15-12-5-4-11(8-16-12)20-9-10-7-14(19)18-6-2-1-3-13(18)17-10/h1-8H,9H2,(H2,15,16). The van der Waals surface area contributed by atoms with Crippen LogP contribution in [0.15, 0.2) is 58.5 Å². The second kappa shape index (κ2) is 5.34. The van der Waals surface area contributed by atoms with Gasteiger partial charge in [-0.3, -0.25) is 9.20 Å². The Morgan fingerprint density at radius 3 is 2.95 bits per heavy atom. The Kier molecular flexibility index (Phi) is 3.39. The molecular weight excluding hydrogens is 272 g/mol. The Hall–Kier alpha value is -2.34. The number of hydrogen-bond donors (Lipinski definition) is 1. The lowest BCUT2D eigenvalue weighted by Crippen LogP contribution is -2.14. The molecule has 5 nitrogen and oxygen atoms in total. The summed E-state index contributed by atoms with van der Waals surface area (Å²) >= 11 is 1.57. The molecule has 3 aromatic rings. The van der Waals surface area contributed by atoms with Crippen molar-refractivity contribution in [3.8, 4) is 0 Å². The van der Waals surface area contributed by atoms with Crippen molar-refractivity contribution < 1.29 is 0 Å². The van der Waals surface area contributed by atoms with Gasteiger partial charge < -0.3 is 5.73 Å². The monoisotopic (exact) mass is 284 g/mol. The number of nitrogen functional groups attached to an aromatic ring is 1. The van der Waals surface area contributed by atoms with Crippen LogP contribution in [0.1, 0.15) is 5.69 Å². The van der Waals surface area contributed by atoms with E-state index in [1.165, 1.54) is 4.40 Å². The average Bonchev–Trinajstić information content (AvgIpc) is 2.47. The number of rotatable bonds is 3. The molecule has 2 N–H and O–H groups in total. The SMILES string of the molecule is Nc1ccc(SCc2cc(=O)n3ccccc3n2)cn1. The number of fused-ring (bicyclic) bond motifs is 1. The van der Waals surface area contributed by atoms with E-state index in [1.54, 1.807) is 36.3 Å². The normalized spacial score (nSPS) is 10.8. The number of aromatic nitrogens is 3. The predicted octanol–water partition coefficient (Wildman–Crippen LogP) is 1.96. The second-order valence-electron chi connectivity index (χ2n) is 4.22. The maximum absolute atomic E-state index is 11.9. The first-order chi connectivity index (χ1) is 9.72. The number of nitrogens with two attached hydrogens (primary N) is 1. The largest absolute Gasteiger partial charge is 0.384 e. The van der Waals surface area contributed by atoms with Gasteiger partial charge in [0.25, 0.3) is 5.56 Å². The summed E-state index contributed by atoms with van der Waals surface area (Å²) < 4.78 is 1.53. The Morgan fingerprint density at radius 2 is 2.15 bits per heavy atom. The summed E-state index contributed by atoms with van der Waals surface area (Å²) in [4.78, 5) is 21.4. The van der Waals surface area contributed by atoms with Gasteiger partial charge in [-0.05, 0) is 24.3 Å². The van der Waals surface area contributed by atoms with Crippen molar-refractivity contribution in [3.05, 3.63) is 64.8 Å². The van der Waals surface area contributed by atoms with Gasteiger partial charge in [-0.2, -0.15) is 0 Å². The third kappa shape index (κ3) is 2.65. The summed E-state index contributed by atoms with van der Waals surface area (Å²) in [6, 6.07) is 10.7. The molecule has 6 heteroatoms. The molecule has 3 heterocycles. The van der Waals surface area contributed by atoms with Crippen molar-refractivity contribution in [2.75, 3.05) is 5.73 Å². The summed E-state index contributed by atoms with van der Waals surface area (Å²) in [5.74, 6) is 1.11. The number of nitrogens with zero attached hydrogens (tertiary/aromatic N) is 3. The van der Waals surface area contributed by atoms with Gasteiger partial charge in [0.1, 0.15) is 11.5 Å². The lowest BCUT2D eigenvalue weighted by Gasteiger charge is -2.04. The van der Waals surface area contributed by atoms with Crippen LogP contribution in [0.2, 0.25) is 0 Å². The van der Waals surface area contributed by atoms with Gasteiger partial charge >= 0.3 is 0 Å². The van der Waals surface area contributed by atoms with Crippen molar-refractivity contribution in [1.29, 1.82) is 0 Å². The fraction of sp³-hybridized carbons (Fsp3) is 0.0714. The number of thioether (sulfide) groups is 1. The first kappa shape index (κ1) is 12.7. The van der Waals surface area contributed by atoms with Gasteiger partial charge in [0.05, 0.1) is 5.69 Å². The van der Waals surface area contributed by atoms with E-state index in [4.69, 9.17) is 5.73 Å². The molecule has 3 rings (SSSR count). The average molecular weight is 284 g/mol. The van der Waals surface area contributed by atoms with Crippen molar-refractivity contribution in [2.24, 2.45) is 0 Å². The molecule has 0 saturated heterocycles. The second-order valence-corrected chi connectivity index (χ2v) is 5.27. The summed E-state index contributed by atoms with van der Waals surface area (Å²) in [6.07, 6.45) is 3.43. The molecule has 100 valence electrons. The van der Waals surface area contributed by atoms with Crippen molar-refractivity contribution in [1.82, 2.24) is 14.4 Å². The van der Waals surface area contributed by atoms with Crippen molar-refractivity contribution in [3.63, 3.8) is 0 Å². The fourth-order valence-corrected chi connectivity index (χ4v) is 2.57. The first-order valence-corrected chi connectivity index (χ1v) is 7.02. The van der Waals surface area contributed by atoms with Crippen molar-refractivity contribution in [2.45, 2.75) is 10.6 Å². The molecule has 0 amide bonds. The molecular formula is C14H12N4OS. The molecule has 0 spiro atoms. The molecule has 0 radical (unpaired) electrons. The zero-order valence-electron chi connectivity index (χ0n) is 10.6. The molecule has 0 bridgehead atoms. The van der Waals surface area contributed by atoms with Crippen LogP contribution in [0, 0.1) is 0 Å². The van der Waals surface area contributed by atoms with Crippen LogP contribution in [0.25, 0.3) is 5.65 Å². The molecule has 0 aliphatic carbocycles. The molecule has 0 aromatic carbocycles. The Bertz CT molecular complexity index is 798. The van der Waals surface area contributed by atoms with Gasteiger partial charge in [0, 0.05) is 29.1 Å². The minimum absolute atomic E-state index is 0.0679. The predicted molar refractivity (Wildman–Crippen MR) is 79.7 cm³/mol. The van der Waals surface area contributed by atoms with Crippen LogP contribution in [0.3, 0.4) is 0 Å². The summed E-state index contributed by atoms with van der Waals surface area (Å²) in [5.41, 5.74) is 6.88. The van der Waals surface area contributed by atoms with Crippen LogP contribution in [-0.4, -0.2) is 14.4 Å². The van der Waals surface area contributed by atoms with E-state index in [0.717, 1.165) is 10.6 Å². The fourth-order valence-electron chi connectivity index (χ4n) is 1.81. The Balaban J connectivity index is 1.84. The molecule has 0 unspecified atom stereocenters. The van der Waals surface area contributed by atoms with Gasteiger partial charge in [0.15, 0.2) is 0 Å². The van der Waals surface area contributed by atoms with Gasteiger partial charge in [0.2, 0.25) is 0 Å². The summed E-state index contributed by atoms with van der Waals surface area (Å²) in [7, 11) is 0. The lowest BCUT2D eigenvalue weighted by molar-refractivity contribution is 1.01. The van der Waals surface area contributed by atoms with E-state index in [2.05, 4.69) is 9.97 Å². The zero-order chi connectivity index (χ0) is 13.9. The Labute approximate surface area is 119 Å². The van der Waals surface area contributed by atoms with Crippen molar-refractivity contribution >= 4 is 23.2 Å². The number of hydrogen-bond acceptors (Lipinski definition) is 5. The number of anilines is 1. The topological polar surface area (TPSA) is 73.3 Å². The van der Waals surface area contributed by atoms with Crippen LogP contribution < -0.4 is 11.3 Å². The Morgan fingerprint density at radius 1 is 1.25 bits per heavy atom. The van der Waals surface area contributed by atoms with E-state index < -0.39 is 0 Å². The highest BCUT2D eigenvalue weighted by Gasteiger charge is 2.03. The van der Waals surface area contributed by atoms with Gasteiger partial charge in [-0.15, -0.1) is 11.8 Å². The van der Waals surface area contributed by atoms with Gasteiger partial charge in [-0.25, -0.2) is 9.97 Å². The minimum atomic E-state index is -0.0679. The highest BCUT2D eigenvalue weighted by Crippen LogP contribution is 2.21. The quantitative estimate of drug-likeness (QED) is 0.744. The summed E-state index contributed by atoms with van der Waals surface area (Å²) in [6.45, 7) is 0. The molecule has 0 atom stereocenters. The molecule has 0 aliphatic heterocycles. The van der Waals surface area contributed by atoms with Crippen LogP contribution >= 0.6 is 11.8 Å². The molecule has 0 fully saturated rings. The van der Waals surface area contributed by atoms with Crippen LogP contribution in [0.5, 0.6) is 0 Å². The highest BCUT2D eigenvalue weighted by molar-refractivity contribution is 7.98. The van der Waals surface area contributed by atoms with E-state index in [9.17, 15) is 4.79 Å². The van der Waals surface area contributed by atoms with Gasteiger partial charge in [-0.1, -0.05) is 6.07 Å². The maximum Gasteiger partial charge on any atom is 0.258 e. The highest BCUT2D eigenvalue weighted by atomic mass is 32.2. The van der Waals surface area contributed by atoms with E-state index in [-0.39, 0.29) is 5.56 Å². The first-order valence-electron chi connectivity index (χ1n) is 6.04. The molecule has 3 aromatic heterocycles. The molecule has 0 saturated carbocycles.